The molecule has 1 aliphatic carbocycles. The van der Waals surface area contributed by atoms with E-state index in [1.807, 2.05) is 7.05 Å². The number of rotatable bonds is 5. The van der Waals surface area contributed by atoms with Crippen molar-refractivity contribution in [1.82, 2.24) is 10.6 Å². The van der Waals surface area contributed by atoms with E-state index in [1.165, 1.54) is 36.8 Å². The minimum absolute atomic E-state index is 0.584. The molecular formula is C16H25N3O. The number of nitrogens with one attached hydrogen (secondary N) is 2. The lowest BCUT2D eigenvalue weighted by molar-refractivity contribution is 0.185. The fourth-order valence-corrected chi connectivity index (χ4v) is 2.64. The van der Waals surface area contributed by atoms with Crippen molar-refractivity contribution in [2.24, 2.45) is 4.99 Å². The van der Waals surface area contributed by atoms with Crippen molar-refractivity contribution >= 4 is 5.96 Å². The number of hydrogen-bond donors (Lipinski definition) is 2. The van der Waals surface area contributed by atoms with Crippen LogP contribution in [-0.2, 0) is 17.9 Å². The van der Waals surface area contributed by atoms with Crippen LogP contribution in [0.2, 0.25) is 0 Å². The van der Waals surface area contributed by atoms with Crippen LogP contribution in [0.1, 0.15) is 36.8 Å². The van der Waals surface area contributed by atoms with E-state index in [0.717, 1.165) is 12.5 Å². The highest BCUT2D eigenvalue weighted by atomic mass is 16.5. The number of ether oxygens (including phenoxy) is 1. The van der Waals surface area contributed by atoms with Crippen molar-refractivity contribution in [2.45, 2.75) is 44.9 Å². The molecule has 4 heteroatoms. The van der Waals surface area contributed by atoms with Crippen LogP contribution in [0.3, 0.4) is 0 Å². The molecule has 0 heterocycles. The Morgan fingerprint density at radius 2 is 2.05 bits per heavy atom. The highest BCUT2D eigenvalue weighted by molar-refractivity contribution is 5.79. The summed E-state index contributed by atoms with van der Waals surface area (Å²) in [5, 5.41) is 6.87. The van der Waals surface area contributed by atoms with Crippen molar-refractivity contribution < 1.29 is 4.74 Å². The zero-order chi connectivity index (χ0) is 14.2. The predicted octanol–water partition coefficient (Wildman–Crippen LogP) is 2.44. The topological polar surface area (TPSA) is 45.7 Å². The van der Waals surface area contributed by atoms with Gasteiger partial charge in [0, 0.05) is 26.7 Å². The molecule has 1 aromatic rings. The van der Waals surface area contributed by atoms with Gasteiger partial charge >= 0.3 is 0 Å². The number of benzene rings is 1. The third-order valence-electron chi connectivity index (χ3n) is 3.68. The molecule has 0 saturated heterocycles. The van der Waals surface area contributed by atoms with Crippen LogP contribution in [0.4, 0.5) is 0 Å². The first-order valence-corrected chi connectivity index (χ1v) is 7.35. The lowest BCUT2D eigenvalue weighted by Gasteiger charge is -2.17. The Morgan fingerprint density at radius 1 is 1.30 bits per heavy atom. The lowest BCUT2D eigenvalue weighted by atomic mass is 10.1. The van der Waals surface area contributed by atoms with Gasteiger partial charge in [-0.2, -0.15) is 0 Å². The van der Waals surface area contributed by atoms with Crippen LogP contribution in [-0.4, -0.2) is 26.2 Å². The summed E-state index contributed by atoms with van der Waals surface area (Å²) >= 11 is 0. The van der Waals surface area contributed by atoms with Crippen LogP contribution >= 0.6 is 0 Å². The van der Waals surface area contributed by atoms with E-state index in [0.29, 0.717) is 12.6 Å². The summed E-state index contributed by atoms with van der Waals surface area (Å²) in [7, 11) is 3.55. The molecule has 0 radical (unpaired) electrons. The Kier molecular flexibility index (Phi) is 5.87. The van der Waals surface area contributed by atoms with E-state index < -0.39 is 0 Å². The Hall–Kier alpha value is -1.55. The fourth-order valence-electron chi connectivity index (χ4n) is 2.64. The van der Waals surface area contributed by atoms with Gasteiger partial charge in [0.15, 0.2) is 5.96 Å². The molecule has 1 fully saturated rings. The minimum Gasteiger partial charge on any atom is -0.380 e. The van der Waals surface area contributed by atoms with Crippen LogP contribution in [0.5, 0.6) is 0 Å². The fraction of sp³-hybridized carbons (Fsp3) is 0.562. The van der Waals surface area contributed by atoms with Crippen LogP contribution in [0.15, 0.2) is 29.3 Å². The summed E-state index contributed by atoms with van der Waals surface area (Å²) in [5.74, 6) is 0.897. The quantitative estimate of drug-likeness (QED) is 0.641. The van der Waals surface area contributed by atoms with Gasteiger partial charge in [-0.1, -0.05) is 37.1 Å². The number of hydrogen-bond acceptors (Lipinski definition) is 2. The maximum absolute atomic E-state index is 5.16. The van der Waals surface area contributed by atoms with E-state index in [4.69, 9.17) is 4.74 Å². The van der Waals surface area contributed by atoms with Gasteiger partial charge in [0.05, 0.1) is 6.61 Å². The SMILES string of the molecule is CN=C(NCc1cccc(COC)c1)NC1CCCC1. The van der Waals surface area contributed by atoms with Crippen LogP contribution in [0.25, 0.3) is 0 Å². The average molecular weight is 275 g/mol. The highest BCUT2D eigenvalue weighted by Crippen LogP contribution is 2.17. The van der Waals surface area contributed by atoms with E-state index in [-0.39, 0.29) is 0 Å². The summed E-state index contributed by atoms with van der Waals surface area (Å²) in [6.07, 6.45) is 5.16. The normalized spacial score (nSPS) is 16.4. The standard InChI is InChI=1S/C16H25N3O/c1-17-16(19-15-8-3-4-9-15)18-11-13-6-5-7-14(10-13)12-20-2/h5-7,10,15H,3-4,8-9,11-12H2,1-2H3,(H2,17,18,19). The predicted molar refractivity (Wildman–Crippen MR) is 82.7 cm³/mol. The number of aliphatic imine (C=N–C) groups is 1. The Balaban J connectivity index is 1.84. The third kappa shape index (κ3) is 4.53. The van der Waals surface area contributed by atoms with E-state index >= 15 is 0 Å². The summed E-state index contributed by atoms with van der Waals surface area (Å²) in [6, 6.07) is 9.02. The van der Waals surface area contributed by atoms with Crippen molar-refractivity contribution in [3.05, 3.63) is 35.4 Å². The second-order valence-corrected chi connectivity index (χ2v) is 5.30. The van der Waals surface area contributed by atoms with Crippen molar-refractivity contribution in [3.8, 4) is 0 Å². The van der Waals surface area contributed by atoms with Crippen molar-refractivity contribution in [2.75, 3.05) is 14.2 Å². The molecule has 110 valence electrons. The summed E-state index contributed by atoms with van der Waals surface area (Å²) < 4.78 is 5.16. The first-order valence-electron chi connectivity index (χ1n) is 7.35. The second-order valence-electron chi connectivity index (χ2n) is 5.30. The Labute approximate surface area is 121 Å². The highest BCUT2D eigenvalue weighted by Gasteiger charge is 2.15. The molecule has 0 unspecified atom stereocenters. The van der Waals surface area contributed by atoms with Gasteiger partial charge in [0.2, 0.25) is 0 Å². The van der Waals surface area contributed by atoms with Gasteiger partial charge in [0.25, 0.3) is 0 Å². The molecule has 0 spiro atoms. The lowest BCUT2D eigenvalue weighted by Crippen LogP contribution is -2.41. The minimum atomic E-state index is 0.584. The molecule has 0 bridgehead atoms. The largest absolute Gasteiger partial charge is 0.380 e. The molecule has 2 N–H and O–H groups in total. The molecule has 0 aromatic heterocycles. The van der Waals surface area contributed by atoms with E-state index in [9.17, 15) is 0 Å². The molecule has 1 aromatic carbocycles. The van der Waals surface area contributed by atoms with Gasteiger partial charge in [-0.05, 0) is 24.0 Å². The molecule has 4 nitrogen and oxygen atoms in total. The molecule has 20 heavy (non-hydrogen) atoms. The van der Waals surface area contributed by atoms with Gasteiger partial charge in [-0.15, -0.1) is 0 Å². The van der Waals surface area contributed by atoms with Crippen LogP contribution < -0.4 is 10.6 Å². The van der Waals surface area contributed by atoms with Gasteiger partial charge in [-0.25, -0.2) is 0 Å². The van der Waals surface area contributed by atoms with Crippen molar-refractivity contribution in [1.29, 1.82) is 0 Å². The van der Waals surface area contributed by atoms with Crippen molar-refractivity contribution in [3.63, 3.8) is 0 Å². The summed E-state index contributed by atoms with van der Waals surface area (Å²) in [6.45, 7) is 1.44. The van der Waals surface area contributed by atoms with Crippen LogP contribution in [0, 0.1) is 0 Å². The first-order chi connectivity index (χ1) is 9.81. The second kappa shape index (κ2) is 7.90. The monoisotopic (exact) mass is 275 g/mol. The zero-order valence-corrected chi connectivity index (χ0v) is 12.5. The maximum Gasteiger partial charge on any atom is 0.191 e. The molecule has 2 rings (SSSR count). The first kappa shape index (κ1) is 14.9. The molecular weight excluding hydrogens is 250 g/mol. The zero-order valence-electron chi connectivity index (χ0n) is 12.5. The molecule has 1 aliphatic rings. The smallest absolute Gasteiger partial charge is 0.191 e. The van der Waals surface area contributed by atoms with Gasteiger partial charge in [0.1, 0.15) is 0 Å². The van der Waals surface area contributed by atoms with E-state index in [2.05, 4.69) is 39.9 Å². The number of nitrogens with zero attached hydrogens (tertiary/aromatic N) is 1. The van der Waals surface area contributed by atoms with Gasteiger partial charge in [-0.3, -0.25) is 4.99 Å². The molecule has 0 atom stereocenters. The molecule has 0 aliphatic heterocycles. The molecule has 0 amide bonds. The van der Waals surface area contributed by atoms with Gasteiger partial charge < -0.3 is 15.4 Å². The summed E-state index contributed by atoms with van der Waals surface area (Å²) in [4.78, 5) is 4.30. The summed E-state index contributed by atoms with van der Waals surface area (Å²) in [5.41, 5.74) is 2.44. The average Bonchev–Trinajstić information content (AvgIpc) is 2.97. The third-order valence-corrected chi connectivity index (χ3v) is 3.68. The molecule has 1 saturated carbocycles. The Morgan fingerprint density at radius 3 is 2.75 bits per heavy atom. The number of guanidine groups is 1. The maximum atomic E-state index is 5.16. The van der Waals surface area contributed by atoms with E-state index in [1.54, 1.807) is 7.11 Å². The number of methoxy groups -OCH3 is 1. The Bertz CT molecular complexity index is 439.